The number of hydrogen-bond acceptors (Lipinski definition) is 2. The van der Waals surface area contributed by atoms with E-state index < -0.39 is 0 Å². The number of nitrogens with zero attached hydrogens (tertiary/aromatic N) is 2. The smallest absolute Gasteiger partial charge is 0.133 e. The predicted octanol–water partition coefficient (Wildman–Crippen LogP) is 6.91. The van der Waals surface area contributed by atoms with Gasteiger partial charge in [-0.2, -0.15) is 0 Å². The summed E-state index contributed by atoms with van der Waals surface area (Å²) in [5.74, 6) is 1.13. The highest BCUT2D eigenvalue weighted by Crippen LogP contribution is 2.30. The van der Waals surface area contributed by atoms with Crippen LogP contribution in [0.5, 0.6) is 5.75 Å². The van der Waals surface area contributed by atoms with Crippen LogP contribution in [0.25, 0.3) is 34.2 Å². The van der Waals surface area contributed by atoms with Crippen molar-refractivity contribution in [2.24, 2.45) is 0 Å². The van der Waals surface area contributed by atoms with Gasteiger partial charge in [0.2, 0.25) is 0 Å². The first-order valence-corrected chi connectivity index (χ1v) is 9.72. The SMILES string of the molecule is CCn1cc(-c2ccc(Cl)cc2Cl)nc1C=Cc1ccc2cc(O)ccc2c1. The Morgan fingerprint density at radius 2 is 1.75 bits per heavy atom. The summed E-state index contributed by atoms with van der Waals surface area (Å²) in [5, 5.41) is 12.9. The lowest BCUT2D eigenvalue weighted by atomic mass is 10.1. The van der Waals surface area contributed by atoms with Gasteiger partial charge >= 0.3 is 0 Å². The van der Waals surface area contributed by atoms with Crippen molar-refractivity contribution in [2.75, 3.05) is 0 Å². The van der Waals surface area contributed by atoms with Crippen molar-refractivity contribution >= 4 is 46.1 Å². The van der Waals surface area contributed by atoms with E-state index in [-0.39, 0.29) is 5.75 Å². The van der Waals surface area contributed by atoms with Gasteiger partial charge in [0, 0.05) is 23.3 Å². The monoisotopic (exact) mass is 408 g/mol. The van der Waals surface area contributed by atoms with Crippen molar-refractivity contribution in [2.45, 2.75) is 13.5 Å². The van der Waals surface area contributed by atoms with Gasteiger partial charge in [-0.3, -0.25) is 0 Å². The van der Waals surface area contributed by atoms with Crippen LogP contribution in [0.2, 0.25) is 10.0 Å². The topological polar surface area (TPSA) is 38.0 Å². The first-order chi connectivity index (χ1) is 13.5. The Bertz CT molecular complexity index is 1190. The summed E-state index contributed by atoms with van der Waals surface area (Å²) in [6.45, 7) is 2.88. The number of aromatic nitrogens is 2. The Labute approximate surface area is 173 Å². The number of fused-ring (bicyclic) bond motifs is 1. The molecule has 0 atom stereocenters. The number of rotatable bonds is 4. The van der Waals surface area contributed by atoms with Crippen LogP contribution in [0.4, 0.5) is 0 Å². The van der Waals surface area contributed by atoms with Gasteiger partial charge in [-0.25, -0.2) is 4.98 Å². The average molecular weight is 409 g/mol. The standard InChI is InChI=1S/C23H18Cl2N2O/c1-2-27-14-22(20-9-7-18(24)13-21(20)25)26-23(27)10-4-15-3-5-17-12-19(28)8-6-16(17)11-15/h3-14,28H,2H2,1H3. The van der Waals surface area contributed by atoms with Crippen LogP contribution >= 0.6 is 23.2 Å². The number of imidazole rings is 1. The van der Waals surface area contributed by atoms with Crippen LogP contribution in [-0.4, -0.2) is 14.7 Å². The van der Waals surface area contributed by atoms with E-state index in [1.54, 1.807) is 18.2 Å². The van der Waals surface area contributed by atoms with Crippen LogP contribution in [-0.2, 0) is 6.54 Å². The molecule has 0 radical (unpaired) electrons. The molecule has 0 spiro atoms. The molecule has 0 fully saturated rings. The molecule has 0 aliphatic heterocycles. The molecular weight excluding hydrogens is 391 g/mol. The fraction of sp³-hybridized carbons (Fsp3) is 0.0870. The molecule has 0 bridgehead atoms. The van der Waals surface area contributed by atoms with Gasteiger partial charge < -0.3 is 9.67 Å². The molecule has 5 heteroatoms. The third kappa shape index (κ3) is 3.77. The second kappa shape index (κ2) is 7.70. The van der Waals surface area contributed by atoms with Crippen LogP contribution in [0.1, 0.15) is 18.3 Å². The molecule has 1 aromatic heterocycles. The Balaban J connectivity index is 1.67. The maximum atomic E-state index is 9.60. The number of phenolic OH excluding ortho intramolecular Hbond substituents is 1. The molecule has 0 saturated heterocycles. The van der Waals surface area contributed by atoms with Crippen molar-refractivity contribution in [3.05, 3.63) is 82.2 Å². The average Bonchev–Trinajstić information content (AvgIpc) is 3.09. The van der Waals surface area contributed by atoms with Gasteiger partial charge in [0.15, 0.2) is 0 Å². The summed E-state index contributed by atoms with van der Waals surface area (Å²) < 4.78 is 2.08. The second-order valence-electron chi connectivity index (χ2n) is 6.52. The van der Waals surface area contributed by atoms with Crippen molar-refractivity contribution in [1.29, 1.82) is 0 Å². The number of benzene rings is 3. The van der Waals surface area contributed by atoms with E-state index in [4.69, 9.17) is 28.2 Å². The summed E-state index contributed by atoms with van der Waals surface area (Å²) in [6, 6.07) is 16.9. The molecule has 0 unspecified atom stereocenters. The lowest BCUT2D eigenvalue weighted by Gasteiger charge is -2.01. The van der Waals surface area contributed by atoms with Crippen LogP contribution in [0, 0.1) is 0 Å². The van der Waals surface area contributed by atoms with E-state index in [1.165, 1.54) is 0 Å². The molecule has 1 heterocycles. The molecule has 0 saturated carbocycles. The molecule has 4 aromatic rings. The maximum absolute atomic E-state index is 9.60. The molecule has 0 amide bonds. The minimum Gasteiger partial charge on any atom is -0.508 e. The van der Waals surface area contributed by atoms with Gasteiger partial charge in [0.05, 0.1) is 10.7 Å². The molecule has 140 valence electrons. The Hall–Kier alpha value is -2.75. The molecule has 4 rings (SSSR count). The third-order valence-electron chi connectivity index (χ3n) is 4.63. The highest BCUT2D eigenvalue weighted by Gasteiger charge is 2.10. The van der Waals surface area contributed by atoms with E-state index in [0.29, 0.717) is 10.0 Å². The van der Waals surface area contributed by atoms with E-state index in [2.05, 4.69) is 17.6 Å². The van der Waals surface area contributed by atoms with E-state index in [0.717, 1.165) is 40.0 Å². The van der Waals surface area contributed by atoms with Gasteiger partial charge in [0.25, 0.3) is 0 Å². The summed E-state index contributed by atoms with van der Waals surface area (Å²) in [6.07, 6.45) is 6.03. The lowest BCUT2D eigenvalue weighted by molar-refractivity contribution is 0.476. The summed E-state index contributed by atoms with van der Waals surface area (Å²) in [7, 11) is 0. The summed E-state index contributed by atoms with van der Waals surface area (Å²) in [4.78, 5) is 4.75. The lowest BCUT2D eigenvalue weighted by Crippen LogP contribution is -1.94. The van der Waals surface area contributed by atoms with E-state index >= 15 is 0 Å². The number of aryl methyl sites for hydroxylation is 1. The third-order valence-corrected chi connectivity index (χ3v) is 5.18. The first-order valence-electron chi connectivity index (χ1n) is 8.97. The largest absolute Gasteiger partial charge is 0.508 e. The van der Waals surface area contributed by atoms with Gasteiger partial charge in [0.1, 0.15) is 11.6 Å². The Morgan fingerprint density at radius 1 is 0.964 bits per heavy atom. The highest BCUT2D eigenvalue weighted by molar-refractivity contribution is 6.36. The van der Waals surface area contributed by atoms with E-state index in [9.17, 15) is 5.11 Å². The van der Waals surface area contributed by atoms with Crippen LogP contribution < -0.4 is 0 Å². The molecule has 3 nitrogen and oxygen atoms in total. The normalized spacial score (nSPS) is 11.5. The number of hydrogen-bond donors (Lipinski definition) is 1. The molecule has 0 aliphatic carbocycles. The summed E-state index contributed by atoms with van der Waals surface area (Å²) in [5.41, 5.74) is 2.74. The quantitative estimate of drug-likeness (QED) is 0.398. The van der Waals surface area contributed by atoms with Gasteiger partial charge in [-0.05, 0) is 65.7 Å². The van der Waals surface area contributed by atoms with Gasteiger partial charge in [-0.1, -0.05) is 47.5 Å². The molecule has 1 N–H and O–H groups in total. The van der Waals surface area contributed by atoms with Crippen molar-refractivity contribution in [3.8, 4) is 17.0 Å². The molecular formula is C23H18Cl2N2O. The first kappa shape index (κ1) is 18.6. The fourth-order valence-corrected chi connectivity index (χ4v) is 3.67. The second-order valence-corrected chi connectivity index (χ2v) is 7.36. The van der Waals surface area contributed by atoms with E-state index in [1.807, 2.05) is 48.7 Å². The Morgan fingerprint density at radius 3 is 2.54 bits per heavy atom. The number of phenols is 1. The molecule has 28 heavy (non-hydrogen) atoms. The zero-order chi connectivity index (χ0) is 19.7. The van der Waals surface area contributed by atoms with Crippen LogP contribution in [0.15, 0.2) is 60.8 Å². The van der Waals surface area contributed by atoms with Crippen molar-refractivity contribution < 1.29 is 5.11 Å². The zero-order valence-electron chi connectivity index (χ0n) is 15.2. The Kier molecular flexibility index (Phi) is 5.12. The number of aromatic hydroxyl groups is 1. The highest BCUT2D eigenvalue weighted by atomic mass is 35.5. The zero-order valence-corrected chi connectivity index (χ0v) is 16.7. The van der Waals surface area contributed by atoms with Gasteiger partial charge in [-0.15, -0.1) is 0 Å². The predicted molar refractivity (Wildman–Crippen MR) is 118 cm³/mol. The molecule has 0 aliphatic rings. The number of halogens is 2. The summed E-state index contributed by atoms with van der Waals surface area (Å²) >= 11 is 12.3. The minimum atomic E-state index is 0.272. The fourth-order valence-electron chi connectivity index (χ4n) is 3.17. The minimum absolute atomic E-state index is 0.272. The van der Waals surface area contributed by atoms with Crippen molar-refractivity contribution in [3.63, 3.8) is 0 Å². The van der Waals surface area contributed by atoms with Crippen molar-refractivity contribution in [1.82, 2.24) is 9.55 Å². The molecule has 3 aromatic carbocycles. The van der Waals surface area contributed by atoms with Crippen LogP contribution in [0.3, 0.4) is 0 Å². The maximum Gasteiger partial charge on any atom is 0.133 e.